The maximum absolute atomic E-state index is 13.2. The molecule has 9 N–H and O–H groups in total. The summed E-state index contributed by atoms with van der Waals surface area (Å²) >= 11 is 6.54. The summed E-state index contributed by atoms with van der Waals surface area (Å²) < 4.78 is 22.2. The topological polar surface area (TPSA) is 358 Å². The molecule has 7 rings (SSSR count). The highest BCUT2D eigenvalue weighted by atomic mass is 35.5. The van der Waals surface area contributed by atoms with Crippen molar-refractivity contribution in [3.8, 4) is 5.75 Å². The van der Waals surface area contributed by atoms with Gasteiger partial charge in [-0.3, -0.25) is 43.8 Å². The Hall–Kier alpha value is -8.01. The van der Waals surface area contributed by atoms with E-state index in [0.717, 1.165) is 16.0 Å². The van der Waals surface area contributed by atoms with Gasteiger partial charge in [0, 0.05) is 87.5 Å². The minimum absolute atomic E-state index is 0.0472. The molecule has 2 saturated heterocycles. The zero-order valence-electron chi connectivity index (χ0n) is 43.4. The lowest BCUT2D eigenvalue weighted by Crippen LogP contribution is -2.61. The smallest absolute Gasteiger partial charge is 0.409 e. The van der Waals surface area contributed by atoms with Gasteiger partial charge in [-0.15, -0.1) is 0 Å². The minimum Gasteiger partial charge on any atom is -0.479 e. The van der Waals surface area contributed by atoms with Gasteiger partial charge in [-0.2, -0.15) is 0 Å². The Morgan fingerprint density at radius 1 is 0.838 bits per heavy atom. The first-order valence-electron chi connectivity index (χ1n) is 25.6. The summed E-state index contributed by atoms with van der Waals surface area (Å²) in [6.07, 6.45) is -5.75. The van der Waals surface area contributed by atoms with E-state index in [1.807, 2.05) is 0 Å². The van der Waals surface area contributed by atoms with Gasteiger partial charge in [-0.1, -0.05) is 42.3 Å². The summed E-state index contributed by atoms with van der Waals surface area (Å²) in [5.74, 6) is -4.67. The predicted octanol–water partition coefficient (Wildman–Crippen LogP) is 1.45. The van der Waals surface area contributed by atoms with Crippen molar-refractivity contribution < 1.29 is 87.3 Å². The van der Waals surface area contributed by atoms with Crippen LogP contribution in [0.4, 0.5) is 21.0 Å². The molecular weight excluding hydrogens is 1070 g/mol. The third kappa shape index (κ3) is 15.8. The first kappa shape index (κ1) is 59.6. The largest absolute Gasteiger partial charge is 0.479 e. The number of carbonyl (C=O) groups excluding carboxylic acids is 9. The molecule has 0 bridgehead atoms. The van der Waals surface area contributed by atoms with Crippen LogP contribution < -0.4 is 31.3 Å². The molecule has 4 aliphatic heterocycles. The Kier molecular flexibility index (Phi) is 20.7. The van der Waals surface area contributed by atoms with Crippen molar-refractivity contribution in [2.24, 2.45) is 0 Å². The molecule has 80 heavy (non-hydrogen) atoms. The quantitative estimate of drug-likeness (QED) is 0.0428. The number of rotatable bonds is 25. The summed E-state index contributed by atoms with van der Waals surface area (Å²) in [6, 6.07) is 13.1. The first-order valence-corrected chi connectivity index (χ1v) is 26.0. The molecule has 1 unspecified atom stereocenters. The van der Waals surface area contributed by atoms with Gasteiger partial charge < -0.3 is 70.4 Å². The number of nitrogens with zero attached hydrogens (tertiary/aromatic N) is 3. The molecule has 4 heterocycles. The molecule has 0 aromatic heterocycles. The summed E-state index contributed by atoms with van der Waals surface area (Å²) in [6.45, 7) is 0.689. The van der Waals surface area contributed by atoms with E-state index in [2.05, 4.69) is 26.6 Å². The Bertz CT molecular complexity index is 2890. The zero-order valence-corrected chi connectivity index (χ0v) is 44.1. The summed E-state index contributed by atoms with van der Waals surface area (Å²) in [5, 5.41) is 54.0. The number of unbranched alkanes of at least 4 members (excludes halogenated alkanes) is 2. The number of carboxylic acids is 1. The van der Waals surface area contributed by atoms with E-state index < -0.39 is 66.7 Å². The number of ether oxygens (including phenoxy) is 4. The number of nitrogens with one attached hydrogen (secondary N) is 5. The normalized spacial score (nSPS) is 20.5. The van der Waals surface area contributed by atoms with Gasteiger partial charge in [0.15, 0.2) is 6.10 Å². The summed E-state index contributed by atoms with van der Waals surface area (Å²) in [4.78, 5) is 127. The Balaban J connectivity index is 0.825. The van der Waals surface area contributed by atoms with Gasteiger partial charge >= 0.3 is 18.1 Å². The van der Waals surface area contributed by atoms with E-state index in [9.17, 15) is 68.4 Å². The second-order valence-electron chi connectivity index (χ2n) is 19.1. The molecular formula is C53H61ClN8O18. The van der Waals surface area contributed by atoms with E-state index in [1.54, 1.807) is 36.4 Å². The molecule has 10 amide bonds. The molecule has 2 fully saturated rings. The fourth-order valence-corrected chi connectivity index (χ4v) is 9.17. The van der Waals surface area contributed by atoms with Crippen LogP contribution in [0.25, 0.3) is 0 Å². The van der Waals surface area contributed by atoms with Gasteiger partial charge in [0.1, 0.15) is 36.7 Å². The van der Waals surface area contributed by atoms with E-state index in [-0.39, 0.29) is 119 Å². The average Bonchev–Trinajstić information content (AvgIpc) is 4.03. The number of aliphatic carboxylic acids is 1. The molecule has 0 aliphatic carbocycles. The first-order chi connectivity index (χ1) is 38.3. The van der Waals surface area contributed by atoms with Gasteiger partial charge in [-0.05, 0) is 78.3 Å². The van der Waals surface area contributed by atoms with Crippen LogP contribution in [0.2, 0.25) is 5.02 Å². The number of likely N-dealkylation sites (N-methyl/N-ethyl adjacent to an activating group) is 1. The van der Waals surface area contributed by atoms with Gasteiger partial charge in [0.25, 0.3) is 17.7 Å². The van der Waals surface area contributed by atoms with E-state index >= 15 is 0 Å². The minimum atomic E-state index is -1.99. The Morgan fingerprint density at radius 3 is 2.34 bits per heavy atom. The molecule has 27 heteroatoms. The number of piperidine rings is 1. The van der Waals surface area contributed by atoms with Crippen molar-refractivity contribution in [1.29, 1.82) is 0 Å². The SMILES string of the molecule is CN(CCOCCc1ccc(NC(=O)NCc2ccc3c(c2)CN(C2CCC(=O)NC2=O)C3=O)cc1Cl)C(=O)OCc1ccc(O[C@@H]2O[C@H](C(=O)O)[C@@H](O)[C@H](O)[C@H]2O)c(NC(=O)CCNC(=O)CCCCCN2C(=O)C=CC2=O)c1. The van der Waals surface area contributed by atoms with Crippen molar-refractivity contribution in [2.45, 2.75) is 108 Å². The molecule has 0 saturated carbocycles. The van der Waals surface area contributed by atoms with Crippen molar-refractivity contribution in [3.63, 3.8) is 0 Å². The van der Waals surface area contributed by atoms with Gasteiger partial charge in [0.05, 0.1) is 18.9 Å². The number of urea groups is 1. The lowest BCUT2D eigenvalue weighted by molar-refractivity contribution is -0.271. The van der Waals surface area contributed by atoms with Crippen molar-refractivity contribution in [2.75, 3.05) is 50.5 Å². The lowest BCUT2D eigenvalue weighted by atomic mass is 9.99. The Morgan fingerprint density at radius 2 is 1.60 bits per heavy atom. The van der Waals surface area contributed by atoms with Crippen LogP contribution in [-0.4, -0.2) is 171 Å². The summed E-state index contributed by atoms with van der Waals surface area (Å²) in [5.41, 5.74) is 3.36. The van der Waals surface area contributed by atoms with Crippen LogP contribution >= 0.6 is 11.6 Å². The average molecular weight is 1130 g/mol. The maximum Gasteiger partial charge on any atom is 0.409 e. The third-order valence-electron chi connectivity index (χ3n) is 13.3. The lowest BCUT2D eigenvalue weighted by Gasteiger charge is -2.38. The van der Waals surface area contributed by atoms with Gasteiger partial charge in [-0.25, -0.2) is 14.4 Å². The van der Waals surface area contributed by atoms with E-state index in [0.29, 0.717) is 53.1 Å². The fraction of sp³-hybridized carbons (Fsp3) is 0.434. The molecule has 428 valence electrons. The fourth-order valence-electron chi connectivity index (χ4n) is 8.90. The highest BCUT2D eigenvalue weighted by molar-refractivity contribution is 6.31. The second kappa shape index (κ2) is 27.7. The molecule has 0 spiro atoms. The van der Waals surface area contributed by atoms with Crippen LogP contribution in [0.15, 0.2) is 66.7 Å². The number of anilines is 2. The maximum atomic E-state index is 13.2. The number of hydrogen-bond acceptors (Lipinski definition) is 17. The number of aliphatic hydroxyl groups excluding tert-OH is 3. The standard InChI is InChI=1S/C53H61ClN8O18/c1-60(20-22-77-21-17-31-8-9-33(25-35(31)54)57-52(75)56-26-29-6-10-34-32(23-29)27-62(49(34)72)37-11-13-40(64)59-48(37)71)53(76)78-28-30-7-12-38(79-51-46(70)44(68)45(69)47(80-51)50(73)74)36(24-30)58-41(65)16-18-55-39(63)5-3-2-4-19-61-42(66)14-15-43(61)67/h6-10,12,14-15,23-25,37,44-47,51,68-70H,2-5,11,13,16-22,26-28H2,1H3,(H,55,63)(H,58,65)(H,73,74)(H2,56,57,75)(H,59,64,71)/t37?,44-,45-,46+,47-,51+/m0/s1. The van der Waals surface area contributed by atoms with Crippen LogP contribution in [-0.2, 0) is 73.9 Å². The highest BCUT2D eigenvalue weighted by Gasteiger charge is 2.48. The number of aliphatic hydroxyl groups is 3. The van der Waals surface area contributed by atoms with E-state index in [1.165, 1.54) is 47.2 Å². The molecule has 4 aliphatic rings. The van der Waals surface area contributed by atoms with E-state index in [4.69, 9.17) is 30.5 Å². The number of carbonyl (C=O) groups is 10. The van der Waals surface area contributed by atoms with Gasteiger partial charge in [0.2, 0.25) is 29.9 Å². The van der Waals surface area contributed by atoms with Crippen LogP contribution in [0.1, 0.15) is 77.6 Å². The molecule has 3 aromatic carbocycles. The molecule has 0 radical (unpaired) electrons. The molecule has 26 nitrogen and oxygen atoms in total. The molecule has 6 atom stereocenters. The van der Waals surface area contributed by atoms with Crippen LogP contribution in [0.5, 0.6) is 5.75 Å². The molecule has 3 aromatic rings. The predicted molar refractivity (Wildman–Crippen MR) is 279 cm³/mol. The zero-order chi connectivity index (χ0) is 57.6. The second-order valence-corrected chi connectivity index (χ2v) is 19.6. The van der Waals surface area contributed by atoms with Crippen molar-refractivity contribution in [1.82, 2.24) is 30.7 Å². The number of benzene rings is 3. The monoisotopic (exact) mass is 1130 g/mol. The number of amides is 10. The Labute approximate surface area is 462 Å². The third-order valence-corrected chi connectivity index (χ3v) is 13.7. The van der Waals surface area contributed by atoms with Crippen LogP contribution in [0.3, 0.4) is 0 Å². The highest BCUT2D eigenvalue weighted by Crippen LogP contribution is 2.32. The number of halogens is 1. The van der Waals surface area contributed by atoms with Crippen molar-refractivity contribution >= 4 is 82.4 Å². The summed E-state index contributed by atoms with van der Waals surface area (Å²) in [7, 11) is 1.49. The number of hydrogen-bond donors (Lipinski definition) is 9. The number of fused-ring (bicyclic) bond motifs is 1. The van der Waals surface area contributed by atoms with Crippen molar-refractivity contribution in [3.05, 3.63) is 99.6 Å². The van der Waals surface area contributed by atoms with Crippen LogP contribution in [0, 0.1) is 0 Å². The number of carboxylic acid groups (broad SMARTS) is 1. The number of imide groups is 2.